The SMILES string of the molecule is Nc1ccc(NC(=O)S)cc1. The van der Waals surface area contributed by atoms with Gasteiger partial charge < -0.3 is 11.1 Å². The number of carbonyl (C=O) groups excluding carboxylic acids is 1. The van der Waals surface area contributed by atoms with Gasteiger partial charge in [-0.3, -0.25) is 4.79 Å². The molecule has 1 aromatic rings. The molecule has 0 saturated carbocycles. The van der Waals surface area contributed by atoms with Gasteiger partial charge >= 0.3 is 0 Å². The van der Waals surface area contributed by atoms with Crippen molar-refractivity contribution >= 4 is 29.2 Å². The molecule has 0 aromatic heterocycles. The van der Waals surface area contributed by atoms with Gasteiger partial charge in [-0.05, 0) is 24.3 Å². The summed E-state index contributed by atoms with van der Waals surface area (Å²) >= 11 is 3.55. The number of rotatable bonds is 1. The Kier molecular flexibility index (Phi) is 2.38. The Hall–Kier alpha value is -1.16. The first-order valence-electron chi connectivity index (χ1n) is 3.04. The van der Waals surface area contributed by atoms with Crippen LogP contribution in [0.1, 0.15) is 0 Å². The quantitative estimate of drug-likeness (QED) is 0.442. The second-order valence-corrected chi connectivity index (χ2v) is 2.46. The minimum absolute atomic E-state index is 0.380. The molecule has 0 bridgehead atoms. The van der Waals surface area contributed by atoms with Crippen LogP contribution in [0.3, 0.4) is 0 Å². The minimum atomic E-state index is -0.380. The largest absolute Gasteiger partial charge is 0.399 e. The van der Waals surface area contributed by atoms with Crippen molar-refractivity contribution in [1.82, 2.24) is 0 Å². The molecule has 0 radical (unpaired) electrons. The predicted molar refractivity (Wildman–Crippen MR) is 48.9 cm³/mol. The highest BCUT2D eigenvalue weighted by Gasteiger charge is 1.93. The van der Waals surface area contributed by atoms with E-state index < -0.39 is 0 Å². The van der Waals surface area contributed by atoms with Gasteiger partial charge in [-0.1, -0.05) is 12.6 Å². The van der Waals surface area contributed by atoms with Crippen molar-refractivity contribution in [3.05, 3.63) is 24.3 Å². The molecule has 1 aromatic carbocycles. The number of thiol groups is 1. The van der Waals surface area contributed by atoms with E-state index >= 15 is 0 Å². The Labute approximate surface area is 70.0 Å². The molecule has 0 unspecified atom stereocenters. The maximum Gasteiger partial charge on any atom is 0.280 e. The third-order valence-electron chi connectivity index (χ3n) is 1.16. The monoisotopic (exact) mass is 168 g/mol. The summed E-state index contributed by atoms with van der Waals surface area (Å²) < 4.78 is 0. The molecule has 0 atom stereocenters. The molecule has 0 aliphatic heterocycles. The van der Waals surface area contributed by atoms with E-state index in [0.29, 0.717) is 11.4 Å². The average Bonchev–Trinajstić information content (AvgIpc) is 1.93. The summed E-state index contributed by atoms with van der Waals surface area (Å²) in [6, 6.07) is 6.84. The van der Waals surface area contributed by atoms with Crippen LogP contribution in [0, 0.1) is 0 Å². The molecule has 3 N–H and O–H groups in total. The number of hydrogen-bond donors (Lipinski definition) is 3. The standard InChI is InChI=1S/C7H8N2OS/c8-5-1-3-6(4-2-5)9-7(10)11/h1-4H,8H2,(H2,9,10,11). The van der Waals surface area contributed by atoms with E-state index in [2.05, 4.69) is 17.9 Å². The van der Waals surface area contributed by atoms with Crippen molar-refractivity contribution in [2.75, 3.05) is 11.1 Å². The van der Waals surface area contributed by atoms with E-state index in [-0.39, 0.29) is 5.24 Å². The van der Waals surface area contributed by atoms with Gasteiger partial charge in [0, 0.05) is 11.4 Å². The molecule has 1 amide bonds. The van der Waals surface area contributed by atoms with Crippen molar-refractivity contribution in [3.63, 3.8) is 0 Å². The molecule has 0 heterocycles. The maximum absolute atomic E-state index is 10.4. The zero-order valence-corrected chi connectivity index (χ0v) is 6.64. The Balaban J connectivity index is 2.74. The van der Waals surface area contributed by atoms with Gasteiger partial charge in [0.2, 0.25) is 0 Å². The number of amides is 1. The third kappa shape index (κ3) is 2.51. The van der Waals surface area contributed by atoms with E-state index in [1.54, 1.807) is 24.3 Å². The first kappa shape index (κ1) is 7.94. The molecule has 1 rings (SSSR count). The molecule has 4 heteroatoms. The molecular weight excluding hydrogens is 160 g/mol. The highest BCUT2D eigenvalue weighted by atomic mass is 32.1. The second-order valence-electron chi connectivity index (χ2n) is 2.05. The summed E-state index contributed by atoms with van der Waals surface area (Å²) in [5.41, 5.74) is 6.79. The lowest BCUT2D eigenvalue weighted by Crippen LogP contribution is -2.00. The van der Waals surface area contributed by atoms with Crippen molar-refractivity contribution < 1.29 is 4.79 Å². The number of hydrogen-bond acceptors (Lipinski definition) is 2. The summed E-state index contributed by atoms with van der Waals surface area (Å²) in [5.74, 6) is 0. The molecule has 0 aliphatic rings. The summed E-state index contributed by atoms with van der Waals surface area (Å²) in [5, 5.41) is 2.12. The third-order valence-corrected chi connectivity index (χ3v) is 1.27. The molecule has 0 spiro atoms. The number of benzene rings is 1. The van der Waals surface area contributed by atoms with Gasteiger partial charge in [0.15, 0.2) is 0 Å². The average molecular weight is 168 g/mol. The van der Waals surface area contributed by atoms with E-state index in [0.717, 1.165) is 0 Å². The van der Waals surface area contributed by atoms with Crippen LogP contribution >= 0.6 is 12.6 Å². The zero-order chi connectivity index (χ0) is 8.27. The Morgan fingerprint density at radius 1 is 1.36 bits per heavy atom. The van der Waals surface area contributed by atoms with Crippen LogP contribution in [-0.2, 0) is 0 Å². The normalized spacial score (nSPS) is 9.18. The van der Waals surface area contributed by atoms with Crippen molar-refractivity contribution in [3.8, 4) is 0 Å². The van der Waals surface area contributed by atoms with Crippen molar-refractivity contribution in [2.45, 2.75) is 0 Å². The van der Waals surface area contributed by atoms with Crippen LogP contribution < -0.4 is 11.1 Å². The molecule has 0 aliphatic carbocycles. The molecule has 11 heavy (non-hydrogen) atoms. The van der Waals surface area contributed by atoms with E-state index in [1.165, 1.54) is 0 Å². The number of anilines is 2. The van der Waals surface area contributed by atoms with Crippen LogP contribution in [-0.4, -0.2) is 5.24 Å². The first-order valence-corrected chi connectivity index (χ1v) is 3.48. The van der Waals surface area contributed by atoms with Crippen LogP contribution in [0.5, 0.6) is 0 Å². The van der Waals surface area contributed by atoms with Gasteiger partial charge in [-0.25, -0.2) is 0 Å². The minimum Gasteiger partial charge on any atom is -0.399 e. The van der Waals surface area contributed by atoms with Gasteiger partial charge in [0.1, 0.15) is 0 Å². The van der Waals surface area contributed by atoms with E-state index in [1.807, 2.05) is 0 Å². The highest BCUT2D eigenvalue weighted by molar-refractivity contribution is 7.96. The number of carbonyl (C=O) groups is 1. The molecule has 58 valence electrons. The predicted octanol–water partition coefficient (Wildman–Crippen LogP) is 1.73. The number of nitrogen functional groups attached to an aromatic ring is 1. The number of nitrogens with one attached hydrogen (secondary N) is 1. The van der Waals surface area contributed by atoms with Gasteiger partial charge in [-0.15, -0.1) is 0 Å². The lowest BCUT2D eigenvalue weighted by atomic mass is 10.3. The number of nitrogens with two attached hydrogens (primary N) is 1. The van der Waals surface area contributed by atoms with Crippen LogP contribution in [0.15, 0.2) is 24.3 Å². The molecular formula is C7H8N2OS. The fourth-order valence-corrected chi connectivity index (χ4v) is 0.819. The smallest absolute Gasteiger partial charge is 0.280 e. The molecule has 0 saturated heterocycles. The lowest BCUT2D eigenvalue weighted by molar-refractivity contribution is 0.270. The van der Waals surface area contributed by atoms with Gasteiger partial charge in [0.05, 0.1) is 0 Å². The second kappa shape index (κ2) is 3.30. The van der Waals surface area contributed by atoms with E-state index in [4.69, 9.17) is 5.73 Å². The fourth-order valence-electron chi connectivity index (χ4n) is 0.690. The van der Waals surface area contributed by atoms with Crippen LogP contribution in [0.4, 0.5) is 16.2 Å². The zero-order valence-electron chi connectivity index (χ0n) is 5.74. The summed E-state index contributed by atoms with van der Waals surface area (Å²) in [6.07, 6.45) is 0. The topological polar surface area (TPSA) is 55.1 Å². The summed E-state index contributed by atoms with van der Waals surface area (Å²) in [6.45, 7) is 0. The summed E-state index contributed by atoms with van der Waals surface area (Å²) in [7, 11) is 0. The fraction of sp³-hybridized carbons (Fsp3) is 0. The van der Waals surface area contributed by atoms with Crippen LogP contribution in [0.25, 0.3) is 0 Å². The lowest BCUT2D eigenvalue weighted by Gasteiger charge is -1.99. The Morgan fingerprint density at radius 3 is 2.36 bits per heavy atom. The first-order chi connectivity index (χ1) is 5.18. The summed E-state index contributed by atoms with van der Waals surface area (Å²) in [4.78, 5) is 10.4. The molecule has 0 fully saturated rings. The van der Waals surface area contributed by atoms with Crippen LogP contribution in [0.2, 0.25) is 0 Å². The highest BCUT2D eigenvalue weighted by Crippen LogP contribution is 2.10. The van der Waals surface area contributed by atoms with Gasteiger partial charge in [-0.2, -0.15) is 0 Å². The van der Waals surface area contributed by atoms with Crippen molar-refractivity contribution in [1.29, 1.82) is 0 Å². The van der Waals surface area contributed by atoms with Gasteiger partial charge in [0.25, 0.3) is 5.24 Å². The Morgan fingerprint density at radius 2 is 1.91 bits per heavy atom. The molecule has 3 nitrogen and oxygen atoms in total. The Bertz CT molecular complexity index is 258. The van der Waals surface area contributed by atoms with Crippen molar-refractivity contribution in [2.24, 2.45) is 0 Å². The maximum atomic E-state index is 10.4. The van der Waals surface area contributed by atoms with E-state index in [9.17, 15) is 4.79 Å².